The van der Waals surface area contributed by atoms with Crippen molar-refractivity contribution in [1.82, 2.24) is 0 Å². The van der Waals surface area contributed by atoms with Gasteiger partial charge in [0.25, 0.3) is 0 Å². The average molecular weight is 976 g/mol. The Morgan fingerprint density at radius 2 is 0.643 bits per heavy atom. The van der Waals surface area contributed by atoms with E-state index in [1.165, 1.54) is 173 Å². The molecule has 5 heteroatoms. The minimum atomic E-state index is -0.554. The van der Waals surface area contributed by atoms with Crippen LogP contribution in [0.2, 0.25) is 0 Å². The van der Waals surface area contributed by atoms with Gasteiger partial charge >= 0.3 is 11.9 Å². The molecule has 1 unspecified atom stereocenters. The number of allylic oxidation sites excluding steroid dienone is 14. The van der Waals surface area contributed by atoms with Gasteiger partial charge in [-0.05, 0) is 96.3 Å². The lowest BCUT2D eigenvalue weighted by atomic mass is 10.0. The standard InChI is InChI=1S/C65H114O5/c1-4-7-10-13-16-19-22-25-28-30-32-34-36-39-42-45-48-51-54-57-60-68-61-63(70-65(67)59-56-53-50-47-44-41-37-27-24-21-18-15-12-9-6-3)62-69-64(66)58-55-52-49-46-43-40-38-35-33-31-29-26-23-20-17-14-11-8-5-2/h7,10,16-17,19-20,25-26,28-29,32,34,39,42,63H,4-6,8-9,11-15,18,21-24,27,30-31,33,35-38,40-41,43-62H2,1-3H3/b10-7-,19-16-,20-17-,28-25-,29-26-,34-32-,42-39-. The summed E-state index contributed by atoms with van der Waals surface area (Å²) in [6.45, 7) is 7.67. The van der Waals surface area contributed by atoms with Crippen LogP contribution in [0.3, 0.4) is 0 Å². The molecule has 0 aliphatic rings. The number of carbonyl (C=O) groups excluding carboxylic acids is 2. The molecule has 0 aliphatic heterocycles. The molecule has 0 saturated carbocycles. The van der Waals surface area contributed by atoms with E-state index in [2.05, 4.69) is 106 Å². The van der Waals surface area contributed by atoms with E-state index in [9.17, 15) is 9.59 Å². The topological polar surface area (TPSA) is 61.8 Å². The molecular weight excluding hydrogens is 861 g/mol. The molecule has 0 amide bonds. The highest BCUT2D eigenvalue weighted by atomic mass is 16.6. The van der Waals surface area contributed by atoms with Crippen LogP contribution in [0.4, 0.5) is 0 Å². The van der Waals surface area contributed by atoms with E-state index in [0.29, 0.717) is 19.4 Å². The lowest BCUT2D eigenvalue weighted by molar-refractivity contribution is -0.163. The van der Waals surface area contributed by atoms with E-state index in [1.807, 2.05) is 0 Å². The molecular formula is C65H114O5. The second-order valence-corrected chi connectivity index (χ2v) is 19.9. The Morgan fingerprint density at radius 3 is 1.06 bits per heavy atom. The molecule has 0 aromatic rings. The van der Waals surface area contributed by atoms with E-state index in [1.54, 1.807) is 0 Å². The van der Waals surface area contributed by atoms with Crippen LogP contribution >= 0.6 is 0 Å². The highest BCUT2D eigenvalue weighted by Gasteiger charge is 2.17. The Kier molecular flexibility index (Phi) is 57.9. The zero-order valence-electron chi connectivity index (χ0n) is 46.5. The number of rotatable bonds is 55. The summed E-state index contributed by atoms with van der Waals surface area (Å²) in [4.78, 5) is 25.6. The van der Waals surface area contributed by atoms with Crippen molar-refractivity contribution in [2.24, 2.45) is 0 Å². The van der Waals surface area contributed by atoms with E-state index in [0.717, 1.165) is 83.5 Å². The monoisotopic (exact) mass is 975 g/mol. The van der Waals surface area contributed by atoms with Crippen LogP contribution in [-0.2, 0) is 23.8 Å². The molecule has 0 fully saturated rings. The number of hydrogen-bond donors (Lipinski definition) is 0. The third-order valence-electron chi connectivity index (χ3n) is 12.9. The third-order valence-corrected chi connectivity index (χ3v) is 12.9. The van der Waals surface area contributed by atoms with Crippen molar-refractivity contribution in [3.8, 4) is 0 Å². The normalized spacial score (nSPS) is 12.8. The van der Waals surface area contributed by atoms with Crippen molar-refractivity contribution in [3.63, 3.8) is 0 Å². The SMILES string of the molecule is CC/C=C\C/C=C\C/C=C\C/C=C\C/C=C\CCCCCCOCC(COC(=O)CCCCCCCCCCC/C=C\C/C=C\CCCCC)OC(=O)CCCCCCCCCCCCCCCCC. The zero-order valence-corrected chi connectivity index (χ0v) is 46.5. The molecule has 70 heavy (non-hydrogen) atoms. The summed E-state index contributed by atoms with van der Waals surface area (Å²) in [7, 11) is 0. The van der Waals surface area contributed by atoms with Crippen molar-refractivity contribution in [3.05, 3.63) is 85.1 Å². The van der Waals surface area contributed by atoms with Gasteiger partial charge in [-0.25, -0.2) is 0 Å². The van der Waals surface area contributed by atoms with Gasteiger partial charge in [-0.2, -0.15) is 0 Å². The first-order valence-electron chi connectivity index (χ1n) is 30.1. The van der Waals surface area contributed by atoms with Gasteiger partial charge in [0.2, 0.25) is 0 Å². The Hall–Kier alpha value is -2.92. The van der Waals surface area contributed by atoms with Gasteiger partial charge in [0.1, 0.15) is 6.61 Å². The molecule has 0 saturated heterocycles. The Balaban J connectivity index is 4.32. The molecule has 0 radical (unpaired) electrons. The first-order valence-corrected chi connectivity index (χ1v) is 30.1. The second kappa shape index (κ2) is 60.4. The van der Waals surface area contributed by atoms with Gasteiger partial charge < -0.3 is 14.2 Å². The zero-order chi connectivity index (χ0) is 50.6. The predicted octanol–water partition coefficient (Wildman–Crippen LogP) is 20.8. The maximum Gasteiger partial charge on any atom is 0.306 e. The maximum absolute atomic E-state index is 12.9. The summed E-state index contributed by atoms with van der Waals surface area (Å²) in [6.07, 6.45) is 80.3. The molecule has 0 aromatic heterocycles. The maximum atomic E-state index is 12.9. The van der Waals surface area contributed by atoms with E-state index in [-0.39, 0.29) is 25.2 Å². The first kappa shape index (κ1) is 67.1. The van der Waals surface area contributed by atoms with E-state index >= 15 is 0 Å². The summed E-state index contributed by atoms with van der Waals surface area (Å²) in [5.74, 6) is -0.407. The van der Waals surface area contributed by atoms with Gasteiger partial charge in [0.15, 0.2) is 6.10 Å². The summed E-state index contributed by atoms with van der Waals surface area (Å²) in [5.41, 5.74) is 0. The van der Waals surface area contributed by atoms with Crippen LogP contribution in [0.25, 0.3) is 0 Å². The number of unbranched alkanes of at least 4 members (excludes halogenated alkanes) is 30. The lowest BCUT2D eigenvalue weighted by Crippen LogP contribution is -2.30. The number of esters is 2. The fraction of sp³-hybridized carbons (Fsp3) is 0.754. The third kappa shape index (κ3) is 57.7. The Morgan fingerprint density at radius 1 is 0.329 bits per heavy atom. The average Bonchev–Trinajstić information content (AvgIpc) is 3.36. The summed E-state index contributed by atoms with van der Waals surface area (Å²) in [6, 6.07) is 0. The van der Waals surface area contributed by atoms with Gasteiger partial charge in [-0.3, -0.25) is 9.59 Å². The number of carbonyl (C=O) groups is 2. The minimum Gasteiger partial charge on any atom is -0.462 e. The van der Waals surface area contributed by atoms with Crippen molar-refractivity contribution >= 4 is 11.9 Å². The molecule has 0 bridgehead atoms. The van der Waals surface area contributed by atoms with Gasteiger partial charge in [0.05, 0.1) is 6.61 Å². The van der Waals surface area contributed by atoms with Gasteiger partial charge in [0, 0.05) is 19.4 Å². The van der Waals surface area contributed by atoms with Gasteiger partial charge in [-0.15, -0.1) is 0 Å². The van der Waals surface area contributed by atoms with E-state index < -0.39 is 6.10 Å². The smallest absolute Gasteiger partial charge is 0.306 e. The first-order chi connectivity index (χ1) is 34.6. The molecule has 0 rings (SSSR count). The summed E-state index contributed by atoms with van der Waals surface area (Å²) < 4.78 is 17.5. The van der Waals surface area contributed by atoms with Crippen LogP contribution in [0.15, 0.2) is 85.1 Å². The Labute approximate surface area is 435 Å². The molecule has 0 aromatic carbocycles. The fourth-order valence-electron chi connectivity index (χ4n) is 8.45. The van der Waals surface area contributed by atoms with Crippen molar-refractivity contribution in [1.29, 1.82) is 0 Å². The van der Waals surface area contributed by atoms with Crippen LogP contribution < -0.4 is 0 Å². The predicted molar refractivity (Wildman–Crippen MR) is 307 cm³/mol. The molecule has 0 spiro atoms. The molecule has 5 nitrogen and oxygen atoms in total. The van der Waals surface area contributed by atoms with Gasteiger partial charge in [-0.1, -0.05) is 266 Å². The summed E-state index contributed by atoms with van der Waals surface area (Å²) in [5, 5.41) is 0. The number of hydrogen-bond acceptors (Lipinski definition) is 5. The Bertz CT molecular complexity index is 1290. The van der Waals surface area contributed by atoms with Crippen molar-refractivity contribution in [2.45, 2.75) is 297 Å². The highest BCUT2D eigenvalue weighted by Crippen LogP contribution is 2.16. The minimum absolute atomic E-state index is 0.0721. The second-order valence-electron chi connectivity index (χ2n) is 19.9. The number of ether oxygens (including phenoxy) is 3. The van der Waals surface area contributed by atoms with Crippen molar-refractivity contribution in [2.75, 3.05) is 19.8 Å². The summed E-state index contributed by atoms with van der Waals surface area (Å²) >= 11 is 0. The molecule has 0 N–H and O–H groups in total. The molecule has 0 heterocycles. The van der Waals surface area contributed by atoms with E-state index in [4.69, 9.17) is 14.2 Å². The van der Waals surface area contributed by atoms with Crippen LogP contribution in [-0.4, -0.2) is 37.9 Å². The van der Waals surface area contributed by atoms with Crippen LogP contribution in [0.5, 0.6) is 0 Å². The highest BCUT2D eigenvalue weighted by molar-refractivity contribution is 5.70. The fourth-order valence-corrected chi connectivity index (χ4v) is 8.45. The van der Waals surface area contributed by atoms with Crippen LogP contribution in [0.1, 0.15) is 290 Å². The molecule has 0 aliphatic carbocycles. The largest absolute Gasteiger partial charge is 0.462 e. The molecule has 404 valence electrons. The van der Waals surface area contributed by atoms with Crippen LogP contribution in [0, 0.1) is 0 Å². The van der Waals surface area contributed by atoms with Crippen molar-refractivity contribution < 1.29 is 23.8 Å². The quantitative estimate of drug-likeness (QED) is 0.0345. The molecule has 1 atom stereocenters. The lowest BCUT2D eigenvalue weighted by Gasteiger charge is -2.18.